The van der Waals surface area contributed by atoms with Gasteiger partial charge in [0.1, 0.15) is 6.54 Å². The van der Waals surface area contributed by atoms with Crippen molar-refractivity contribution in [3.63, 3.8) is 0 Å². The molecule has 20 heavy (non-hydrogen) atoms. The largest absolute Gasteiger partial charge is 0.461 e. The van der Waals surface area contributed by atoms with Crippen LogP contribution in [0.1, 0.15) is 30.3 Å². The zero-order valence-electron chi connectivity index (χ0n) is 10.6. The van der Waals surface area contributed by atoms with Crippen molar-refractivity contribution < 1.29 is 8.94 Å². The van der Waals surface area contributed by atoms with Gasteiger partial charge in [0.25, 0.3) is 0 Å². The van der Waals surface area contributed by atoms with Gasteiger partial charge in [-0.15, -0.1) is 5.10 Å². The lowest BCUT2D eigenvalue weighted by Crippen LogP contribution is -2.07. The molecule has 0 atom stereocenters. The number of hydrogen-bond acceptors (Lipinski definition) is 7. The van der Waals surface area contributed by atoms with E-state index in [4.69, 9.17) is 14.7 Å². The molecular weight excluding hydrogens is 260 g/mol. The Morgan fingerprint density at radius 1 is 1.40 bits per heavy atom. The first-order valence-corrected chi connectivity index (χ1v) is 6.36. The van der Waals surface area contributed by atoms with Crippen LogP contribution in [0.2, 0.25) is 0 Å². The number of nitrogens with zero attached hydrogens (tertiary/aromatic N) is 5. The number of rotatable bonds is 4. The van der Waals surface area contributed by atoms with Crippen LogP contribution in [0, 0.1) is 0 Å². The lowest BCUT2D eigenvalue weighted by atomic mass is 10.3. The summed E-state index contributed by atoms with van der Waals surface area (Å²) in [5.74, 6) is 2.38. The molecule has 8 nitrogen and oxygen atoms in total. The minimum absolute atomic E-state index is 0.365. The number of hydrogen-bond donors (Lipinski definition) is 1. The van der Waals surface area contributed by atoms with Crippen LogP contribution in [0.15, 0.2) is 27.3 Å². The Morgan fingerprint density at radius 2 is 2.30 bits per heavy atom. The average Bonchev–Trinajstić information content (AvgIpc) is 2.88. The van der Waals surface area contributed by atoms with Crippen LogP contribution >= 0.6 is 0 Å². The fraction of sp³-hybridized carbons (Fsp3) is 0.333. The quantitative estimate of drug-likeness (QED) is 0.765. The highest BCUT2D eigenvalue weighted by Gasteiger charge is 2.31. The molecule has 0 bridgehead atoms. The molecule has 0 amide bonds. The third-order valence-corrected chi connectivity index (χ3v) is 3.26. The summed E-state index contributed by atoms with van der Waals surface area (Å²) in [5, 5.41) is 11.8. The van der Waals surface area contributed by atoms with Gasteiger partial charge >= 0.3 is 0 Å². The fourth-order valence-electron chi connectivity index (χ4n) is 2.18. The van der Waals surface area contributed by atoms with Gasteiger partial charge in [-0.25, -0.2) is 4.68 Å². The Balaban J connectivity index is 1.60. The first-order chi connectivity index (χ1) is 9.81. The molecule has 8 heteroatoms. The van der Waals surface area contributed by atoms with E-state index in [0.717, 1.165) is 18.5 Å². The van der Waals surface area contributed by atoms with E-state index in [1.165, 1.54) is 0 Å². The van der Waals surface area contributed by atoms with E-state index in [9.17, 15) is 0 Å². The Labute approximate surface area is 113 Å². The van der Waals surface area contributed by atoms with Gasteiger partial charge in [0, 0.05) is 5.92 Å². The molecule has 4 rings (SSSR count). The third-order valence-electron chi connectivity index (χ3n) is 3.26. The number of nitrogens with two attached hydrogens (primary N) is 1. The average molecular weight is 272 g/mol. The van der Waals surface area contributed by atoms with Gasteiger partial charge in [0.15, 0.2) is 11.6 Å². The van der Waals surface area contributed by atoms with E-state index < -0.39 is 0 Å². The maximum absolute atomic E-state index is 5.84. The van der Waals surface area contributed by atoms with Crippen molar-refractivity contribution in [1.29, 1.82) is 0 Å². The molecule has 0 spiro atoms. The molecule has 0 radical (unpaired) electrons. The Kier molecular flexibility index (Phi) is 2.35. The Bertz CT molecular complexity index is 725. The molecule has 0 aliphatic heterocycles. The summed E-state index contributed by atoms with van der Waals surface area (Å²) in [6, 6.07) is 3.55. The van der Waals surface area contributed by atoms with E-state index in [1.807, 2.05) is 0 Å². The highest BCUT2D eigenvalue weighted by atomic mass is 16.5. The highest BCUT2D eigenvalue weighted by molar-refractivity contribution is 5.44. The molecule has 0 unspecified atom stereocenters. The summed E-state index contributed by atoms with van der Waals surface area (Å²) < 4.78 is 12.2. The van der Waals surface area contributed by atoms with Crippen molar-refractivity contribution in [2.24, 2.45) is 0 Å². The minimum atomic E-state index is 0.365. The third kappa shape index (κ3) is 1.85. The minimum Gasteiger partial charge on any atom is -0.461 e. The molecule has 1 aliphatic carbocycles. The Morgan fingerprint density at radius 3 is 3.05 bits per heavy atom. The normalized spacial score (nSPS) is 14.8. The first-order valence-electron chi connectivity index (χ1n) is 6.36. The Hall–Kier alpha value is -2.64. The summed E-state index contributed by atoms with van der Waals surface area (Å²) in [7, 11) is 0. The summed E-state index contributed by atoms with van der Waals surface area (Å²) in [6.45, 7) is 0.365. The molecule has 0 saturated heterocycles. The van der Waals surface area contributed by atoms with Crippen LogP contribution in [0.5, 0.6) is 0 Å². The summed E-state index contributed by atoms with van der Waals surface area (Å²) in [6.07, 6.45) is 3.81. The number of anilines is 1. The molecule has 1 fully saturated rings. The second-order valence-electron chi connectivity index (χ2n) is 4.78. The van der Waals surface area contributed by atoms with Crippen molar-refractivity contribution in [3.8, 4) is 11.6 Å². The van der Waals surface area contributed by atoms with Gasteiger partial charge in [-0.2, -0.15) is 4.98 Å². The van der Waals surface area contributed by atoms with Crippen molar-refractivity contribution in [2.45, 2.75) is 25.3 Å². The fourth-order valence-corrected chi connectivity index (χ4v) is 2.18. The molecular formula is C12H12N6O2. The van der Waals surface area contributed by atoms with Crippen LogP contribution in [0.4, 0.5) is 5.82 Å². The van der Waals surface area contributed by atoms with E-state index in [-0.39, 0.29) is 0 Å². The molecule has 1 saturated carbocycles. The van der Waals surface area contributed by atoms with Crippen molar-refractivity contribution in [1.82, 2.24) is 25.1 Å². The number of furan rings is 1. The second-order valence-corrected chi connectivity index (χ2v) is 4.78. The van der Waals surface area contributed by atoms with Gasteiger partial charge in [0.2, 0.25) is 11.7 Å². The molecule has 102 valence electrons. The van der Waals surface area contributed by atoms with Gasteiger partial charge < -0.3 is 14.7 Å². The molecule has 3 heterocycles. The van der Waals surface area contributed by atoms with Gasteiger partial charge in [-0.3, -0.25) is 0 Å². The number of nitrogen functional groups attached to an aromatic ring is 1. The van der Waals surface area contributed by atoms with Crippen LogP contribution in [-0.4, -0.2) is 25.1 Å². The summed E-state index contributed by atoms with van der Waals surface area (Å²) in [4.78, 5) is 4.28. The van der Waals surface area contributed by atoms with Crippen LogP contribution < -0.4 is 5.73 Å². The first kappa shape index (κ1) is 11.2. The van der Waals surface area contributed by atoms with Gasteiger partial charge in [0.05, 0.1) is 12.0 Å². The monoisotopic (exact) mass is 272 g/mol. The molecule has 3 aromatic heterocycles. The van der Waals surface area contributed by atoms with E-state index >= 15 is 0 Å². The summed E-state index contributed by atoms with van der Waals surface area (Å²) >= 11 is 0. The lowest BCUT2D eigenvalue weighted by Gasteiger charge is -2.01. The highest BCUT2D eigenvalue weighted by Crippen LogP contribution is 2.42. The topological polar surface area (TPSA) is 109 Å². The van der Waals surface area contributed by atoms with Crippen LogP contribution in [0.3, 0.4) is 0 Å². The van der Waals surface area contributed by atoms with Crippen LogP contribution in [-0.2, 0) is 6.54 Å². The predicted octanol–water partition coefficient (Wildman–Crippen LogP) is 1.43. The molecule has 3 aromatic rings. The van der Waals surface area contributed by atoms with Crippen molar-refractivity contribution in [3.05, 3.63) is 30.0 Å². The van der Waals surface area contributed by atoms with Crippen molar-refractivity contribution >= 4 is 5.82 Å². The van der Waals surface area contributed by atoms with E-state index in [2.05, 4.69) is 20.5 Å². The smallest absolute Gasteiger partial charge is 0.248 e. The standard InChI is InChI=1S/C12H12N6O2/c13-11-10(7-3-4-7)18(17-15-11)6-9-14-12(16-20-9)8-2-1-5-19-8/h1-2,5,7H,3-4,6,13H2. The lowest BCUT2D eigenvalue weighted by molar-refractivity contribution is 0.362. The maximum atomic E-state index is 5.84. The van der Waals surface area contributed by atoms with E-state index in [0.29, 0.717) is 35.8 Å². The number of aromatic nitrogens is 5. The second kappa shape index (κ2) is 4.19. The SMILES string of the molecule is Nc1nnn(Cc2nc(-c3ccco3)no2)c1C1CC1. The molecule has 0 aromatic carbocycles. The zero-order chi connectivity index (χ0) is 13.5. The molecule has 2 N–H and O–H groups in total. The zero-order valence-corrected chi connectivity index (χ0v) is 10.6. The predicted molar refractivity (Wildman–Crippen MR) is 67.5 cm³/mol. The molecule has 1 aliphatic rings. The van der Waals surface area contributed by atoms with Gasteiger partial charge in [-0.05, 0) is 25.0 Å². The maximum Gasteiger partial charge on any atom is 0.248 e. The summed E-state index contributed by atoms with van der Waals surface area (Å²) in [5.41, 5.74) is 6.80. The van der Waals surface area contributed by atoms with Crippen LogP contribution in [0.25, 0.3) is 11.6 Å². The van der Waals surface area contributed by atoms with E-state index in [1.54, 1.807) is 23.1 Å². The van der Waals surface area contributed by atoms with Gasteiger partial charge in [-0.1, -0.05) is 10.4 Å². The van der Waals surface area contributed by atoms with Crippen molar-refractivity contribution in [2.75, 3.05) is 5.73 Å².